The predicted octanol–water partition coefficient (Wildman–Crippen LogP) is 4.05. The first-order valence-electron chi connectivity index (χ1n) is 7.55. The van der Waals surface area contributed by atoms with E-state index >= 15 is 0 Å². The molecule has 20 heavy (non-hydrogen) atoms. The smallest absolute Gasteiger partial charge is 0.146 e. The lowest BCUT2D eigenvalue weighted by Crippen LogP contribution is -2.35. The molecule has 1 aromatic rings. The molecular weight excluding hydrogens is 251 g/mol. The van der Waals surface area contributed by atoms with Gasteiger partial charge in [0.15, 0.2) is 0 Å². The van der Waals surface area contributed by atoms with Crippen molar-refractivity contribution >= 4 is 5.69 Å². The fourth-order valence-corrected chi connectivity index (χ4v) is 2.24. The Balaban J connectivity index is 2.93. The molecule has 1 atom stereocenters. The zero-order valence-corrected chi connectivity index (χ0v) is 13.7. The Morgan fingerprint density at radius 2 is 1.80 bits per heavy atom. The van der Waals surface area contributed by atoms with E-state index in [2.05, 4.69) is 44.8 Å². The van der Waals surface area contributed by atoms with Crippen LogP contribution in [-0.2, 0) is 6.54 Å². The van der Waals surface area contributed by atoms with Crippen molar-refractivity contribution < 1.29 is 4.39 Å². The van der Waals surface area contributed by atoms with E-state index in [9.17, 15) is 4.39 Å². The summed E-state index contributed by atoms with van der Waals surface area (Å²) < 4.78 is 14.2. The molecule has 0 aliphatic rings. The molecule has 0 saturated carbocycles. The number of halogens is 1. The molecule has 0 spiro atoms. The minimum Gasteiger partial charge on any atom is -0.369 e. The van der Waals surface area contributed by atoms with Gasteiger partial charge < -0.3 is 10.2 Å². The van der Waals surface area contributed by atoms with Crippen molar-refractivity contribution in [1.82, 2.24) is 5.32 Å². The maximum Gasteiger partial charge on any atom is 0.146 e. The molecule has 1 aromatic carbocycles. The van der Waals surface area contributed by atoms with E-state index in [1.165, 1.54) is 0 Å². The highest BCUT2D eigenvalue weighted by Gasteiger charge is 2.19. The Hall–Kier alpha value is -1.09. The summed E-state index contributed by atoms with van der Waals surface area (Å²) >= 11 is 0. The first-order valence-corrected chi connectivity index (χ1v) is 7.55. The van der Waals surface area contributed by atoms with Crippen molar-refractivity contribution in [2.24, 2.45) is 11.8 Å². The largest absolute Gasteiger partial charge is 0.369 e. The third-order valence-electron chi connectivity index (χ3n) is 3.87. The van der Waals surface area contributed by atoms with Crippen LogP contribution in [0, 0.1) is 17.7 Å². The summed E-state index contributed by atoms with van der Waals surface area (Å²) in [5, 5.41) is 3.40. The third kappa shape index (κ3) is 4.48. The number of hydrogen-bond acceptors (Lipinski definition) is 2. The van der Waals surface area contributed by atoms with Crippen molar-refractivity contribution in [3.05, 3.63) is 29.6 Å². The topological polar surface area (TPSA) is 15.3 Å². The Morgan fingerprint density at radius 1 is 1.15 bits per heavy atom. The normalized spacial score (nSPS) is 13.1. The van der Waals surface area contributed by atoms with Crippen LogP contribution in [0.4, 0.5) is 10.1 Å². The second-order valence-electron chi connectivity index (χ2n) is 6.37. The second kappa shape index (κ2) is 7.63. The fourth-order valence-electron chi connectivity index (χ4n) is 2.24. The SMILES string of the molecule is CC(C)CNCc1cccc(F)c1N(C)C(C)C(C)C. The zero-order valence-electron chi connectivity index (χ0n) is 13.7. The molecule has 1 unspecified atom stereocenters. The van der Waals surface area contributed by atoms with E-state index in [0.717, 1.165) is 17.8 Å². The Labute approximate surface area is 123 Å². The summed E-state index contributed by atoms with van der Waals surface area (Å²) in [5.74, 6) is 0.944. The number of anilines is 1. The van der Waals surface area contributed by atoms with Crippen LogP contribution in [0.2, 0.25) is 0 Å². The molecule has 0 radical (unpaired) electrons. The number of hydrogen-bond donors (Lipinski definition) is 1. The van der Waals surface area contributed by atoms with Gasteiger partial charge in [-0.2, -0.15) is 0 Å². The van der Waals surface area contributed by atoms with Crippen LogP contribution in [-0.4, -0.2) is 19.6 Å². The number of para-hydroxylation sites is 1. The Morgan fingerprint density at radius 3 is 2.35 bits per heavy atom. The van der Waals surface area contributed by atoms with Crippen molar-refractivity contribution in [2.75, 3.05) is 18.5 Å². The van der Waals surface area contributed by atoms with Gasteiger partial charge in [0, 0.05) is 19.6 Å². The molecule has 0 aromatic heterocycles. The summed E-state index contributed by atoms with van der Waals surface area (Å²) in [5.41, 5.74) is 1.76. The van der Waals surface area contributed by atoms with Gasteiger partial charge in [-0.25, -0.2) is 4.39 Å². The highest BCUT2D eigenvalue weighted by atomic mass is 19.1. The van der Waals surface area contributed by atoms with Crippen LogP contribution in [0.5, 0.6) is 0 Å². The van der Waals surface area contributed by atoms with E-state index in [1.54, 1.807) is 12.1 Å². The van der Waals surface area contributed by atoms with Crippen LogP contribution in [0.3, 0.4) is 0 Å². The number of nitrogens with zero attached hydrogens (tertiary/aromatic N) is 1. The lowest BCUT2D eigenvalue weighted by Gasteiger charge is -2.32. The van der Waals surface area contributed by atoms with Crippen LogP contribution in [0.15, 0.2) is 18.2 Å². The van der Waals surface area contributed by atoms with Crippen molar-refractivity contribution in [2.45, 2.75) is 47.2 Å². The van der Waals surface area contributed by atoms with Crippen molar-refractivity contribution in [3.8, 4) is 0 Å². The van der Waals surface area contributed by atoms with Gasteiger partial charge in [0.1, 0.15) is 5.82 Å². The first kappa shape index (κ1) is 17.0. The van der Waals surface area contributed by atoms with Crippen molar-refractivity contribution in [3.63, 3.8) is 0 Å². The van der Waals surface area contributed by atoms with Crippen molar-refractivity contribution in [1.29, 1.82) is 0 Å². The fraction of sp³-hybridized carbons (Fsp3) is 0.647. The second-order valence-corrected chi connectivity index (χ2v) is 6.37. The molecule has 0 amide bonds. The Bertz CT molecular complexity index is 415. The first-order chi connectivity index (χ1) is 9.34. The van der Waals surface area contributed by atoms with Gasteiger partial charge in [-0.05, 0) is 36.9 Å². The highest BCUT2D eigenvalue weighted by Crippen LogP contribution is 2.27. The molecule has 0 aliphatic heterocycles. The maximum atomic E-state index is 14.2. The number of nitrogens with one attached hydrogen (secondary N) is 1. The monoisotopic (exact) mass is 280 g/mol. The van der Waals surface area contributed by atoms with E-state index in [4.69, 9.17) is 0 Å². The van der Waals surface area contributed by atoms with Gasteiger partial charge in [-0.1, -0.05) is 39.8 Å². The molecule has 3 heteroatoms. The predicted molar refractivity (Wildman–Crippen MR) is 85.6 cm³/mol. The summed E-state index contributed by atoms with van der Waals surface area (Å²) in [6, 6.07) is 5.65. The average Bonchev–Trinajstić information content (AvgIpc) is 2.36. The van der Waals surface area contributed by atoms with Gasteiger partial charge in [-0.15, -0.1) is 0 Å². The third-order valence-corrected chi connectivity index (χ3v) is 3.87. The van der Waals surface area contributed by atoms with E-state index in [0.29, 0.717) is 24.4 Å². The van der Waals surface area contributed by atoms with E-state index in [-0.39, 0.29) is 5.82 Å². The van der Waals surface area contributed by atoms with Gasteiger partial charge in [-0.3, -0.25) is 0 Å². The van der Waals surface area contributed by atoms with Gasteiger partial charge in [0.25, 0.3) is 0 Å². The minimum absolute atomic E-state index is 0.135. The Kier molecular flexibility index (Phi) is 6.47. The molecule has 0 bridgehead atoms. The summed E-state index contributed by atoms with van der Waals surface area (Å²) in [6.07, 6.45) is 0. The maximum absolute atomic E-state index is 14.2. The molecule has 1 rings (SSSR count). The molecular formula is C17H29FN2. The highest BCUT2D eigenvalue weighted by molar-refractivity contribution is 5.55. The lowest BCUT2D eigenvalue weighted by molar-refractivity contribution is 0.494. The zero-order chi connectivity index (χ0) is 15.3. The van der Waals surface area contributed by atoms with E-state index in [1.807, 2.05) is 13.1 Å². The number of benzene rings is 1. The lowest BCUT2D eigenvalue weighted by atomic mass is 10.0. The quantitative estimate of drug-likeness (QED) is 0.810. The molecule has 0 aliphatic carbocycles. The van der Waals surface area contributed by atoms with Gasteiger partial charge in [0.05, 0.1) is 5.69 Å². The van der Waals surface area contributed by atoms with Crippen LogP contribution >= 0.6 is 0 Å². The minimum atomic E-state index is -0.135. The van der Waals surface area contributed by atoms with Crippen LogP contribution in [0.25, 0.3) is 0 Å². The molecule has 114 valence electrons. The standard InChI is InChI=1S/C17H29FN2/c1-12(2)10-19-11-15-8-7-9-16(18)17(15)20(6)14(5)13(3)4/h7-9,12-14,19H,10-11H2,1-6H3. The summed E-state index contributed by atoms with van der Waals surface area (Å²) in [4.78, 5) is 2.06. The van der Waals surface area contributed by atoms with E-state index < -0.39 is 0 Å². The molecule has 2 nitrogen and oxygen atoms in total. The molecule has 1 N–H and O–H groups in total. The van der Waals surface area contributed by atoms with Crippen LogP contribution in [0.1, 0.15) is 40.2 Å². The summed E-state index contributed by atoms with van der Waals surface area (Å²) in [6.45, 7) is 12.5. The summed E-state index contributed by atoms with van der Waals surface area (Å²) in [7, 11) is 1.98. The van der Waals surface area contributed by atoms with Gasteiger partial charge >= 0.3 is 0 Å². The molecule has 0 saturated heterocycles. The van der Waals surface area contributed by atoms with Crippen LogP contribution < -0.4 is 10.2 Å². The molecule has 0 fully saturated rings. The average molecular weight is 280 g/mol. The van der Waals surface area contributed by atoms with Gasteiger partial charge in [0.2, 0.25) is 0 Å². The molecule has 0 heterocycles. The number of rotatable bonds is 7.